The molecule has 2 aromatic heterocycles. The molecule has 0 radical (unpaired) electrons. The molecule has 3 rings (SSSR count). The van der Waals surface area contributed by atoms with Gasteiger partial charge in [-0.1, -0.05) is 0 Å². The van der Waals surface area contributed by atoms with E-state index in [9.17, 15) is 22.8 Å². The highest BCUT2D eigenvalue weighted by Gasteiger charge is 2.41. The van der Waals surface area contributed by atoms with E-state index in [0.29, 0.717) is 16.5 Å². The zero-order valence-corrected chi connectivity index (χ0v) is 17.8. The van der Waals surface area contributed by atoms with E-state index in [0.717, 1.165) is 24.2 Å². The van der Waals surface area contributed by atoms with E-state index >= 15 is 0 Å². The number of rotatable bonds is 8. The van der Waals surface area contributed by atoms with Crippen molar-refractivity contribution in [3.05, 3.63) is 26.9 Å². The molecule has 1 aliphatic rings. The van der Waals surface area contributed by atoms with Crippen LogP contribution in [0.25, 0.3) is 0 Å². The molecule has 0 unspecified atom stereocenters. The first-order chi connectivity index (χ1) is 13.7. The van der Waals surface area contributed by atoms with Gasteiger partial charge in [-0.15, -0.1) is 11.3 Å². The molecule has 2 aromatic rings. The second-order valence-electron chi connectivity index (χ2n) is 6.47. The normalized spacial score (nSPS) is 14.1. The number of anilines is 1. The minimum absolute atomic E-state index is 0.00644. The Labute approximate surface area is 176 Å². The van der Waals surface area contributed by atoms with Crippen LogP contribution in [0, 0.1) is 0 Å². The third-order valence-electron chi connectivity index (χ3n) is 4.14. The van der Waals surface area contributed by atoms with Crippen LogP contribution in [0.15, 0.2) is 9.85 Å². The second kappa shape index (κ2) is 8.82. The van der Waals surface area contributed by atoms with Crippen LogP contribution in [0.5, 0.6) is 0 Å². The average molecular weight is 495 g/mol. The molecule has 2 heterocycles. The summed E-state index contributed by atoms with van der Waals surface area (Å²) in [5.74, 6) is -0.780. The molecule has 7 nitrogen and oxygen atoms in total. The molecular weight excluding hydrogens is 477 g/mol. The van der Waals surface area contributed by atoms with Crippen molar-refractivity contribution >= 4 is 44.3 Å². The number of hydrogen-bond acceptors (Lipinski definition) is 6. The smallest absolute Gasteiger partial charge is 0.436 e. The van der Waals surface area contributed by atoms with Crippen molar-refractivity contribution in [2.45, 2.75) is 51.2 Å². The summed E-state index contributed by atoms with van der Waals surface area (Å²) in [5.41, 5.74) is -0.00923. The number of alkyl halides is 3. The average Bonchev–Trinajstić information content (AvgIpc) is 3.27. The summed E-state index contributed by atoms with van der Waals surface area (Å²) in [4.78, 5) is 27.8. The monoisotopic (exact) mass is 494 g/mol. The van der Waals surface area contributed by atoms with Crippen LogP contribution in [0.4, 0.5) is 18.3 Å². The van der Waals surface area contributed by atoms with E-state index < -0.39 is 23.7 Å². The first-order valence-corrected chi connectivity index (χ1v) is 10.6. The van der Waals surface area contributed by atoms with Gasteiger partial charge in [0.25, 0.3) is 0 Å². The molecule has 12 heteroatoms. The van der Waals surface area contributed by atoms with E-state index in [1.165, 1.54) is 4.68 Å². The van der Waals surface area contributed by atoms with Crippen molar-refractivity contribution in [2.24, 2.45) is 0 Å². The van der Waals surface area contributed by atoms with Crippen molar-refractivity contribution in [3.8, 4) is 0 Å². The zero-order valence-electron chi connectivity index (χ0n) is 15.4. The Bertz CT molecular complexity index is 908. The van der Waals surface area contributed by atoms with Crippen LogP contribution in [0.3, 0.4) is 0 Å². The first kappa shape index (κ1) is 21.8. The van der Waals surface area contributed by atoms with Gasteiger partial charge >= 0.3 is 12.1 Å². The number of aromatic nitrogens is 3. The number of amides is 1. The number of hydrogen-bond donors (Lipinski definition) is 1. The molecule has 1 amide bonds. The summed E-state index contributed by atoms with van der Waals surface area (Å²) in [7, 11) is 0. The fraction of sp³-hybridized carbons (Fsp3) is 0.529. The summed E-state index contributed by atoms with van der Waals surface area (Å²) in [6.45, 7) is 2.00. The number of esters is 1. The van der Waals surface area contributed by atoms with E-state index in [1.807, 2.05) is 0 Å². The number of nitrogens with zero attached hydrogens (tertiary/aromatic N) is 3. The molecule has 0 aromatic carbocycles. The van der Waals surface area contributed by atoms with Crippen molar-refractivity contribution in [1.82, 2.24) is 14.8 Å². The minimum atomic E-state index is -4.56. The highest BCUT2D eigenvalue weighted by molar-refractivity contribution is 9.10. The molecule has 1 aliphatic carbocycles. The highest BCUT2D eigenvalue weighted by atomic mass is 79.9. The van der Waals surface area contributed by atoms with E-state index in [4.69, 9.17) is 4.74 Å². The second-order valence-corrected chi connectivity index (χ2v) is 8.12. The van der Waals surface area contributed by atoms with E-state index in [-0.39, 0.29) is 36.4 Å². The van der Waals surface area contributed by atoms with Gasteiger partial charge in [0.1, 0.15) is 0 Å². The Morgan fingerprint density at radius 1 is 1.41 bits per heavy atom. The van der Waals surface area contributed by atoms with Crippen LogP contribution in [-0.2, 0) is 33.5 Å². The first-order valence-electron chi connectivity index (χ1n) is 8.92. The largest absolute Gasteiger partial charge is 0.466 e. The number of ether oxygens (including phenoxy) is 1. The van der Waals surface area contributed by atoms with Gasteiger partial charge in [0.2, 0.25) is 5.91 Å². The Morgan fingerprint density at radius 3 is 2.76 bits per heavy atom. The Kier molecular flexibility index (Phi) is 6.62. The van der Waals surface area contributed by atoms with Crippen LogP contribution in [-0.4, -0.2) is 33.2 Å². The quantitative estimate of drug-likeness (QED) is 0.557. The number of carbonyl (C=O) groups is 2. The van der Waals surface area contributed by atoms with Crippen molar-refractivity contribution in [2.75, 3.05) is 11.9 Å². The fourth-order valence-corrected chi connectivity index (χ4v) is 4.31. The van der Waals surface area contributed by atoms with Gasteiger partial charge in [0.15, 0.2) is 10.8 Å². The summed E-state index contributed by atoms with van der Waals surface area (Å²) >= 11 is 4.18. The van der Waals surface area contributed by atoms with Gasteiger partial charge in [0, 0.05) is 17.7 Å². The van der Waals surface area contributed by atoms with Crippen molar-refractivity contribution < 1.29 is 27.5 Å². The molecule has 158 valence electrons. The number of thiazole rings is 1. The molecule has 0 saturated heterocycles. The number of carbonyl (C=O) groups excluding carboxylic acids is 2. The lowest BCUT2D eigenvalue weighted by molar-refractivity contribution is -0.143. The molecule has 1 fully saturated rings. The van der Waals surface area contributed by atoms with Gasteiger partial charge in [-0.3, -0.25) is 14.3 Å². The lowest BCUT2D eigenvalue weighted by Crippen LogP contribution is -2.16. The molecule has 0 aliphatic heterocycles. The van der Waals surface area contributed by atoms with E-state index in [1.54, 1.807) is 12.3 Å². The van der Waals surface area contributed by atoms with Gasteiger partial charge in [0.05, 0.1) is 35.4 Å². The minimum Gasteiger partial charge on any atom is -0.466 e. The maximum Gasteiger partial charge on any atom is 0.436 e. The summed E-state index contributed by atoms with van der Waals surface area (Å²) < 4.78 is 45.4. The lowest BCUT2D eigenvalue weighted by Gasteiger charge is -2.07. The summed E-state index contributed by atoms with van der Waals surface area (Å²) in [5, 5.41) is 8.22. The standard InChI is InChI=1S/C17H18BrF3N4O3S/c1-2-28-12(27)7-10-8-29-16(22-10)23-11(26)5-6-25-14(9-3-4-9)13(18)15(24-25)17(19,20)21/h8-9H,2-7H2,1H3,(H,22,23,26). The zero-order chi connectivity index (χ0) is 21.2. The predicted octanol–water partition coefficient (Wildman–Crippen LogP) is 4.13. The maximum absolute atomic E-state index is 13.1. The molecule has 1 saturated carbocycles. The van der Waals surface area contributed by atoms with Crippen LogP contribution in [0.1, 0.15) is 49.2 Å². The number of nitrogens with one attached hydrogen (secondary N) is 1. The molecule has 29 heavy (non-hydrogen) atoms. The Hall–Kier alpha value is -1.95. The summed E-state index contributed by atoms with van der Waals surface area (Å²) in [6.07, 6.45) is -3.01. The lowest BCUT2D eigenvalue weighted by atomic mass is 10.2. The van der Waals surface area contributed by atoms with Gasteiger partial charge in [-0.2, -0.15) is 18.3 Å². The van der Waals surface area contributed by atoms with Crippen molar-refractivity contribution in [1.29, 1.82) is 0 Å². The van der Waals surface area contributed by atoms with Crippen LogP contribution >= 0.6 is 27.3 Å². The molecule has 0 bridgehead atoms. The fourth-order valence-electron chi connectivity index (χ4n) is 2.75. The van der Waals surface area contributed by atoms with E-state index in [2.05, 4.69) is 31.3 Å². The highest BCUT2D eigenvalue weighted by Crippen LogP contribution is 2.47. The SMILES string of the molecule is CCOC(=O)Cc1csc(NC(=O)CCn2nc(C(F)(F)F)c(Br)c2C2CC2)n1. The number of halogens is 4. The van der Waals surface area contributed by atoms with Gasteiger partial charge in [-0.25, -0.2) is 4.98 Å². The molecule has 1 N–H and O–H groups in total. The molecule has 0 atom stereocenters. The van der Waals surface area contributed by atoms with Gasteiger partial charge < -0.3 is 10.1 Å². The predicted molar refractivity (Wildman–Crippen MR) is 103 cm³/mol. The summed E-state index contributed by atoms with van der Waals surface area (Å²) in [6, 6.07) is 0. The molecular formula is C17H18BrF3N4O3S. The van der Waals surface area contributed by atoms with Crippen LogP contribution in [0.2, 0.25) is 0 Å². The Balaban J connectivity index is 1.60. The van der Waals surface area contributed by atoms with Crippen molar-refractivity contribution in [3.63, 3.8) is 0 Å². The topological polar surface area (TPSA) is 86.1 Å². The number of aryl methyl sites for hydroxylation is 1. The maximum atomic E-state index is 13.1. The third-order valence-corrected chi connectivity index (χ3v) is 5.73. The third kappa shape index (κ3) is 5.56. The molecule has 0 spiro atoms. The Morgan fingerprint density at radius 2 is 2.14 bits per heavy atom. The van der Waals surface area contributed by atoms with Crippen LogP contribution < -0.4 is 5.32 Å². The van der Waals surface area contributed by atoms with Gasteiger partial charge in [-0.05, 0) is 35.7 Å².